The largest absolute Gasteiger partial charge is 0.316 e. The zero-order chi connectivity index (χ0) is 11.0. The van der Waals surface area contributed by atoms with Crippen molar-refractivity contribution in [3.63, 3.8) is 0 Å². The maximum atomic E-state index is 4.62. The van der Waals surface area contributed by atoms with E-state index in [0.717, 1.165) is 35.5 Å². The lowest BCUT2D eigenvalue weighted by Gasteiger charge is -2.07. The molecule has 0 bridgehead atoms. The number of aromatic nitrogens is 2. The minimum atomic E-state index is 0.730. The fourth-order valence-corrected chi connectivity index (χ4v) is 2.75. The molecule has 1 aromatic heterocycles. The molecule has 0 aliphatic carbocycles. The quantitative estimate of drug-likeness (QED) is 0.915. The number of rotatable bonds is 2. The van der Waals surface area contributed by atoms with Crippen molar-refractivity contribution in [3.8, 4) is 0 Å². The Balaban J connectivity index is 1.90. The molecule has 1 aliphatic rings. The number of fused-ring (bicyclic) bond motifs is 1. The minimum Gasteiger partial charge on any atom is -0.316 e. The lowest BCUT2D eigenvalue weighted by atomic mass is 10.1. The SMILES string of the molecule is Brc1cccc2cn(CC3CCNC3)nc12. The normalized spacial score (nSPS) is 20.7. The molecule has 0 radical (unpaired) electrons. The molecule has 1 fully saturated rings. The Morgan fingerprint density at radius 1 is 1.50 bits per heavy atom. The Kier molecular flexibility index (Phi) is 2.69. The van der Waals surface area contributed by atoms with Crippen molar-refractivity contribution in [2.24, 2.45) is 5.92 Å². The smallest absolute Gasteiger partial charge is 0.106 e. The van der Waals surface area contributed by atoms with Gasteiger partial charge in [0, 0.05) is 22.6 Å². The van der Waals surface area contributed by atoms with E-state index in [9.17, 15) is 0 Å². The van der Waals surface area contributed by atoms with Gasteiger partial charge >= 0.3 is 0 Å². The standard InChI is InChI=1S/C12H14BrN3/c13-11-3-1-2-10-8-16(15-12(10)11)7-9-4-5-14-6-9/h1-3,8-9,14H,4-7H2. The predicted octanol–water partition coefficient (Wildman–Crippen LogP) is 2.41. The topological polar surface area (TPSA) is 29.9 Å². The fraction of sp³-hybridized carbons (Fsp3) is 0.417. The Bertz CT molecular complexity index is 500. The van der Waals surface area contributed by atoms with E-state index in [1.165, 1.54) is 11.8 Å². The fourth-order valence-electron chi connectivity index (χ4n) is 2.29. The Labute approximate surface area is 103 Å². The van der Waals surface area contributed by atoms with Crippen molar-refractivity contribution in [1.82, 2.24) is 15.1 Å². The van der Waals surface area contributed by atoms with Crippen LogP contribution in [0.15, 0.2) is 28.9 Å². The van der Waals surface area contributed by atoms with Crippen molar-refractivity contribution in [1.29, 1.82) is 0 Å². The van der Waals surface area contributed by atoms with Gasteiger partial charge in [0.05, 0.1) is 0 Å². The summed E-state index contributed by atoms with van der Waals surface area (Å²) in [5.74, 6) is 0.730. The summed E-state index contributed by atoms with van der Waals surface area (Å²) in [4.78, 5) is 0. The third-order valence-corrected chi connectivity index (χ3v) is 3.78. The van der Waals surface area contributed by atoms with Gasteiger partial charge in [-0.3, -0.25) is 4.68 Å². The van der Waals surface area contributed by atoms with E-state index in [2.05, 4.69) is 49.4 Å². The van der Waals surface area contributed by atoms with Gasteiger partial charge in [-0.1, -0.05) is 12.1 Å². The van der Waals surface area contributed by atoms with Crippen LogP contribution in [0.2, 0.25) is 0 Å². The highest BCUT2D eigenvalue weighted by Crippen LogP contribution is 2.22. The summed E-state index contributed by atoms with van der Waals surface area (Å²) < 4.78 is 3.15. The first-order chi connectivity index (χ1) is 7.83. The molecule has 16 heavy (non-hydrogen) atoms. The summed E-state index contributed by atoms with van der Waals surface area (Å²) in [6.07, 6.45) is 3.40. The van der Waals surface area contributed by atoms with Crippen LogP contribution < -0.4 is 5.32 Å². The number of nitrogens with zero attached hydrogens (tertiary/aromatic N) is 2. The van der Waals surface area contributed by atoms with E-state index in [0.29, 0.717) is 0 Å². The van der Waals surface area contributed by atoms with Gasteiger partial charge in [-0.25, -0.2) is 0 Å². The van der Waals surface area contributed by atoms with Gasteiger partial charge in [-0.2, -0.15) is 5.10 Å². The number of halogens is 1. The van der Waals surface area contributed by atoms with Gasteiger partial charge in [-0.05, 0) is 47.4 Å². The maximum Gasteiger partial charge on any atom is 0.106 e. The average molecular weight is 280 g/mol. The zero-order valence-corrected chi connectivity index (χ0v) is 10.6. The first kappa shape index (κ1) is 10.3. The molecule has 1 atom stereocenters. The van der Waals surface area contributed by atoms with E-state index in [-0.39, 0.29) is 0 Å². The molecule has 3 nitrogen and oxygen atoms in total. The number of hydrogen-bond acceptors (Lipinski definition) is 2. The molecule has 0 spiro atoms. The lowest BCUT2D eigenvalue weighted by molar-refractivity contribution is 0.452. The van der Waals surface area contributed by atoms with Crippen LogP contribution >= 0.6 is 15.9 Å². The highest BCUT2D eigenvalue weighted by Gasteiger charge is 2.15. The summed E-state index contributed by atoms with van der Waals surface area (Å²) in [7, 11) is 0. The van der Waals surface area contributed by atoms with Crippen molar-refractivity contribution in [3.05, 3.63) is 28.9 Å². The number of benzene rings is 1. The third-order valence-electron chi connectivity index (χ3n) is 3.14. The molecule has 0 amide bonds. The van der Waals surface area contributed by atoms with Gasteiger partial charge in [0.15, 0.2) is 0 Å². The maximum absolute atomic E-state index is 4.62. The lowest BCUT2D eigenvalue weighted by Crippen LogP contribution is -2.14. The van der Waals surface area contributed by atoms with Crippen LogP contribution in [-0.2, 0) is 6.54 Å². The van der Waals surface area contributed by atoms with Crippen molar-refractivity contribution in [2.45, 2.75) is 13.0 Å². The molecule has 1 saturated heterocycles. The highest BCUT2D eigenvalue weighted by atomic mass is 79.9. The van der Waals surface area contributed by atoms with Gasteiger partial charge in [0.1, 0.15) is 5.52 Å². The van der Waals surface area contributed by atoms with Gasteiger partial charge in [-0.15, -0.1) is 0 Å². The van der Waals surface area contributed by atoms with Crippen LogP contribution in [0.3, 0.4) is 0 Å². The molecule has 2 aromatic rings. The van der Waals surface area contributed by atoms with Crippen LogP contribution in [0.1, 0.15) is 6.42 Å². The monoisotopic (exact) mass is 279 g/mol. The second-order valence-corrected chi connectivity index (χ2v) is 5.24. The van der Waals surface area contributed by atoms with E-state index < -0.39 is 0 Å². The first-order valence-electron chi connectivity index (χ1n) is 5.65. The molecule has 1 N–H and O–H groups in total. The Morgan fingerprint density at radius 2 is 2.44 bits per heavy atom. The van der Waals surface area contributed by atoms with Crippen LogP contribution in [0, 0.1) is 5.92 Å². The second kappa shape index (κ2) is 4.18. The Morgan fingerprint density at radius 3 is 3.19 bits per heavy atom. The molecule has 0 saturated carbocycles. The van der Waals surface area contributed by atoms with E-state index in [4.69, 9.17) is 0 Å². The summed E-state index contributed by atoms with van der Waals surface area (Å²) in [5, 5.41) is 9.21. The minimum absolute atomic E-state index is 0.730. The predicted molar refractivity (Wildman–Crippen MR) is 68.4 cm³/mol. The highest BCUT2D eigenvalue weighted by molar-refractivity contribution is 9.10. The molecule has 2 heterocycles. The van der Waals surface area contributed by atoms with E-state index >= 15 is 0 Å². The molecule has 84 valence electrons. The zero-order valence-electron chi connectivity index (χ0n) is 8.99. The average Bonchev–Trinajstić information content (AvgIpc) is 2.88. The van der Waals surface area contributed by atoms with Crippen molar-refractivity contribution >= 4 is 26.8 Å². The first-order valence-corrected chi connectivity index (χ1v) is 6.44. The number of nitrogens with one attached hydrogen (secondary N) is 1. The third kappa shape index (κ3) is 1.87. The summed E-state index contributed by atoms with van der Waals surface area (Å²) in [5.41, 5.74) is 1.06. The summed E-state index contributed by atoms with van der Waals surface area (Å²) in [6.45, 7) is 3.29. The van der Waals surface area contributed by atoms with Gasteiger partial charge in [0.25, 0.3) is 0 Å². The Hall–Kier alpha value is -0.870. The van der Waals surface area contributed by atoms with Crippen molar-refractivity contribution < 1.29 is 0 Å². The van der Waals surface area contributed by atoms with Gasteiger partial charge in [0.2, 0.25) is 0 Å². The molecular weight excluding hydrogens is 266 g/mol. The number of hydrogen-bond donors (Lipinski definition) is 1. The molecule has 1 unspecified atom stereocenters. The van der Waals surface area contributed by atoms with Crippen LogP contribution in [0.4, 0.5) is 0 Å². The van der Waals surface area contributed by atoms with Gasteiger partial charge < -0.3 is 5.32 Å². The molecule has 3 rings (SSSR count). The van der Waals surface area contributed by atoms with Crippen LogP contribution in [-0.4, -0.2) is 22.9 Å². The molecule has 4 heteroatoms. The summed E-state index contributed by atoms with van der Waals surface area (Å²) in [6, 6.07) is 6.20. The summed E-state index contributed by atoms with van der Waals surface area (Å²) >= 11 is 3.53. The molecular formula is C12H14BrN3. The molecule has 1 aromatic carbocycles. The van der Waals surface area contributed by atoms with E-state index in [1.807, 2.05) is 6.07 Å². The van der Waals surface area contributed by atoms with Crippen LogP contribution in [0.25, 0.3) is 10.9 Å². The second-order valence-electron chi connectivity index (χ2n) is 4.39. The van der Waals surface area contributed by atoms with Crippen molar-refractivity contribution in [2.75, 3.05) is 13.1 Å². The molecule has 1 aliphatic heterocycles. The van der Waals surface area contributed by atoms with E-state index in [1.54, 1.807) is 0 Å². The van der Waals surface area contributed by atoms with Crippen LogP contribution in [0.5, 0.6) is 0 Å².